The Morgan fingerprint density at radius 3 is 2.35 bits per heavy atom. The van der Waals surface area contributed by atoms with E-state index in [0.29, 0.717) is 19.4 Å². The van der Waals surface area contributed by atoms with Crippen LogP contribution in [0.5, 0.6) is 11.5 Å². The number of likely N-dealkylation sites (tertiary alicyclic amines) is 1. The molecule has 1 aliphatic rings. The number of carbonyl (C=O) groups is 1. The Balaban J connectivity index is 1.79. The van der Waals surface area contributed by atoms with Crippen molar-refractivity contribution >= 4 is 6.29 Å². The van der Waals surface area contributed by atoms with Gasteiger partial charge in [-0.2, -0.15) is 0 Å². The zero-order chi connectivity index (χ0) is 18.7. The molecule has 5 heteroatoms. The smallest absolute Gasteiger partial charge is 0.153 e. The molecule has 1 aliphatic heterocycles. The van der Waals surface area contributed by atoms with Gasteiger partial charge in [-0.1, -0.05) is 36.4 Å². The summed E-state index contributed by atoms with van der Waals surface area (Å²) in [4.78, 5) is 13.6. The molecule has 138 valence electrons. The van der Waals surface area contributed by atoms with Crippen LogP contribution in [0.1, 0.15) is 42.9 Å². The average Bonchev–Trinajstić information content (AvgIpc) is 2.63. The molecule has 1 saturated heterocycles. The van der Waals surface area contributed by atoms with Crippen LogP contribution in [0.4, 0.5) is 0 Å². The Morgan fingerprint density at radius 2 is 1.77 bits per heavy atom. The van der Waals surface area contributed by atoms with Gasteiger partial charge < -0.3 is 20.1 Å². The Morgan fingerprint density at radius 1 is 1.12 bits per heavy atom. The second-order valence-corrected chi connectivity index (χ2v) is 7.21. The van der Waals surface area contributed by atoms with Crippen molar-refractivity contribution in [2.24, 2.45) is 0 Å². The molecule has 0 radical (unpaired) electrons. The highest BCUT2D eigenvalue weighted by molar-refractivity contribution is 5.63. The van der Waals surface area contributed by atoms with Gasteiger partial charge in [-0.25, -0.2) is 0 Å². The molecule has 3 N–H and O–H groups in total. The van der Waals surface area contributed by atoms with E-state index in [4.69, 9.17) is 0 Å². The van der Waals surface area contributed by atoms with E-state index in [-0.39, 0.29) is 17.4 Å². The first-order chi connectivity index (χ1) is 12.4. The van der Waals surface area contributed by atoms with E-state index in [1.165, 1.54) is 6.07 Å². The van der Waals surface area contributed by atoms with E-state index in [9.17, 15) is 20.1 Å². The van der Waals surface area contributed by atoms with Crippen LogP contribution >= 0.6 is 0 Å². The average molecular weight is 355 g/mol. The third kappa shape index (κ3) is 3.74. The summed E-state index contributed by atoms with van der Waals surface area (Å²) in [5.41, 5.74) is 0.269. The van der Waals surface area contributed by atoms with Crippen LogP contribution in [0.2, 0.25) is 0 Å². The van der Waals surface area contributed by atoms with Crippen LogP contribution in [-0.4, -0.2) is 45.2 Å². The lowest BCUT2D eigenvalue weighted by Crippen LogP contribution is -2.48. The molecule has 2 aromatic carbocycles. The number of phenolic OH excluding ortho intramolecular Hbond substituents is 2. The van der Waals surface area contributed by atoms with Gasteiger partial charge in [0, 0.05) is 6.07 Å². The molecular weight excluding hydrogens is 330 g/mol. The quantitative estimate of drug-likeness (QED) is 0.719. The molecule has 2 aromatic rings. The molecule has 2 atom stereocenters. The van der Waals surface area contributed by atoms with E-state index < -0.39 is 11.6 Å². The minimum atomic E-state index is -1.48. The summed E-state index contributed by atoms with van der Waals surface area (Å²) in [6, 6.07) is 13.9. The third-order valence-electron chi connectivity index (χ3n) is 5.26. The highest BCUT2D eigenvalue weighted by Crippen LogP contribution is 2.39. The normalized spacial score (nSPS) is 19.6. The highest BCUT2D eigenvalue weighted by Gasteiger charge is 2.39. The number of aldehydes is 1. The number of benzene rings is 2. The van der Waals surface area contributed by atoms with E-state index in [2.05, 4.69) is 4.90 Å². The van der Waals surface area contributed by atoms with Crippen molar-refractivity contribution in [3.63, 3.8) is 0 Å². The van der Waals surface area contributed by atoms with Gasteiger partial charge in [0.05, 0.1) is 6.04 Å². The van der Waals surface area contributed by atoms with E-state index in [1.54, 1.807) is 19.1 Å². The van der Waals surface area contributed by atoms with Crippen molar-refractivity contribution in [2.45, 2.75) is 37.3 Å². The van der Waals surface area contributed by atoms with Crippen molar-refractivity contribution in [3.8, 4) is 11.5 Å². The third-order valence-corrected chi connectivity index (χ3v) is 5.26. The Labute approximate surface area is 153 Å². The summed E-state index contributed by atoms with van der Waals surface area (Å²) >= 11 is 0. The summed E-state index contributed by atoms with van der Waals surface area (Å²) in [6.45, 7) is 2.96. The number of hydrogen-bond donors (Lipinski definition) is 3. The maximum Gasteiger partial charge on any atom is 0.153 e. The first kappa shape index (κ1) is 18.4. The molecule has 0 saturated carbocycles. The number of aliphatic hydroxyl groups is 1. The number of aromatic hydroxyl groups is 2. The Hall–Kier alpha value is -2.37. The number of nitrogens with zero attached hydrogens (tertiary/aromatic N) is 1. The van der Waals surface area contributed by atoms with Gasteiger partial charge in [-0.15, -0.1) is 0 Å². The van der Waals surface area contributed by atoms with Gasteiger partial charge >= 0.3 is 0 Å². The predicted octanol–water partition coefficient (Wildman–Crippen LogP) is 2.97. The lowest BCUT2D eigenvalue weighted by atomic mass is 9.84. The van der Waals surface area contributed by atoms with Crippen molar-refractivity contribution in [1.82, 2.24) is 4.90 Å². The fourth-order valence-corrected chi connectivity index (χ4v) is 3.96. The Bertz CT molecular complexity index is 752. The standard InChI is InChI=1S/C21H25NO4/c1-21(26,14-23)20(16-5-3-2-4-6-16)22-11-9-15(10-12-22)18-8-7-17(24)13-19(18)25/h2-8,13-15,20,24-26H,9-12H2,1H3. The van der Waals surface area contributed by atoms with E-state index in [0.717, 1.165) is 24.0 Å². The van der Waals surface area contributed by atoms with Crippen molar-refractivity contribution < 1.29 is 20.1 Å². The van der Waals surface area contributed by atoms with Crippen molar-refractivity contribution in [3.05, 3.63) is 59.7 Å². The largest absolute Gasteiger partial charge is 0.508 e. The molecule has 5 nitrogen and oxygen atoms in total. The number of carbonyl (C=O) groups excluding carboxylic acids is 1. The molecular formula is C21H25NO4. The highest BCUT2D eigenvalue weighted by atomic mass is 16.3. The van der Waals surface area contributed by atoms with E-state index >= 15 is 0 Å². The topological polar surface area (TPSA) is 81.0 Å². The summed E-state index contributed by atoms with van der Waals surface area (Å²) in [6.07, 6.45) is 2.22. The predicted molar refractivity (Wildman–Crippen MR) is 99.2 cm³/mol. The van der Waals surface area contributed by atoms with Crippen LogP contribution in [0.15, 0.2) is 48.5 Å². The second-order valence-electron chi connectivity index (χ2n) is 7.21. The van der Waals surface area contributed by atoms with Gasteiger partial charge in [0.25, 0.3) is 0 Å². The number of hydrogen-bond acceptors (Lipinski definition) is 5. The zero-order valence-electron chi connectivity index (χ0n) is 14.9. The van der Waals surface area contributed by atoms with Crippen molar-refractivity contribution in [1.29, 1.82) is 0 Å². The molecule has 0 bridgehead atoms. The molecule has 1 heterocycles. The summed E-state index contributed by atoms with van der Waals surface area (Å²) in [5.74, 6) is 0.349. The maximum absolute atomic E-state index is 11.5. The molecule has 0 spiro atoms. The van der Waals surface area contributed by atoms with Crippen LogP contribution in [0.25, 0.3) is 0 Å². The number of piperidine rings is 1. The van der Waals surface area contributed by atoms with Gasteiger partial charge in [0.15, 0.2) is 6.29 Å². The van der Waals surface area contributed by atoms with Gasteiger partial charge in [-0.3, -0.25) is 4.90 Å². The molecule has 2 unspecified atom stereocenters. The lowest BCUT2D eigenvalue weighted by Gasteiger charge is -2.42. The second kappa shape index (κ2) is 7.48. The van der Waals surface area contributed by atoms with Gasteiger partial charge in [0.1, 0.15) is 17.1 Å². The molecule has 26 heavy (non-hydrogen) atoms. The minimum Gasteiger partial charge on any atom is -0.508 e. The Kier molecular flexibility index (Phi) is 5.30. The first-order valence-electron chi connectivity index (χ1n) is 8.92. The molecule has 1 fully saturated rings. The number of rotatable bonds is 5. The fraction of sp³-hybridized carbons (Fsp3) is 0.381. The molecule has 0 aromatic heterocycles. The molecule has 0 amide bonds. The maximum atomic E-state index is 11.5. The zero-order valence-corrected chi connectivity index (χ0v) is 14.9. The van der Waals surface area contributed by atoms with Gasteiger partial charge in [-0.05, 0) is 56.0 Å². The SMILES string of the molecule is CC(O)(C=O)C(c1ccccc1)N1CCC(c2ccc(O)cc2O)CC1. The number of phenols is 2. The van der Waals surface area contributed by atoms with Crippen LogP contribution in [0, 0.1) is 0 Å². The summed E-state index contributed by atoms with van der Waals surface area (Å²) in [7, 11) is 0. The van der Waals surface area contributed by atoms with Crippen LogP contribution in [-0.2, 0) is 4.79 Å². The molecule has 3 rings (SSSR count). The summed E-state index contributed by atoms with van der Waals surface area (Å²) in [5, 5.41) is 30.2. The minimum absolute atomic E-state index is 0.0508. The van der Waals surface area contributed by atoms with Gasteiger partial charge in [0.2, 0.25) is 0 Å². The molecule has 0 aliphatic carbocycles. The van der Waals surface area contributed by atoms with Crippen molar-refractivity contribution in [2.75, 3.05) is 13.1 Å². The monoisotopic (exact) mass is 355 g/mol. The van der Waals surface area contributed by atoms with Crippen LogP contribution < -0.4 is 0 Å². The summed E-state index contributed by atoms with van der Waals surface area (Å²) < 4.78 is 0. The first-order valence-corrected chi connectivity index (χ1v) is 8.92. The van der Waals surface area contributed by atoms with Crippen LogP contribution in [0.3, 0.4) is 0 Å². The van der Waals surface area contributed by atoms with E-state index in [1.807, 2.05) is 30.3 Å². The fourth-order valence-electron chi connectivity index (χ4n) is 3.96. The lowest BCUT2D eigenvalue weighted by molar-refractivity contribution is -0.130.